The van der Waals surface area contributed by atoms with Gasteiger partial charge in [-0.25, -0.2) is 0 Å². The smallest absolute Gasteiger partial charge is 0.287 e. The Morgan fingerprint density at radius 2 is 1.80 bits per heavy atom. The second-order valence-electron chi connectivity index (χ2n) is 5.84. The van der Waals surface area contributed by atoms with Crippen LogP contribution >= 0.6 is 0 Å². The number of hydrogen-bond donors (Lipinski definition) is 1. The summed E-state index contributed by atoms with van der Waals surface area (Å²) in [5.74, 6) is -0.328. The van der Waals surface area contributed by atoms with Crippen LogP contribution in [-0.4, -0.2) is 26.0 Å². The largest absolute Gasteiger partial charge is 0.451 e. The van der Waals surface area contributed by atoms with Gasteiger partial charge in [-0.15, -0.1) is 0 Å². The van der Waals surface area contributed by atoms with E-state index in [1.807, 2.05) is 37.4 Å². The van der Waals surface area contributed by atoms with Gasteiger partial charge in [0.15, 0.2) is 11.2 Å². The topological polar surface area (TPSA) is 62.6 Å². The second-order valence-corrected chi connectivity index (χ2v) is 5.84. The highest BCUT2D eigenvalue weighted by atomic mass is 16.3. The number of carbonyl (C=O) groups excluding carboxylic acids is 1. The summed E-state index contributed by atoms with van der Waals surface area (Å²) in [5, 5.41) is 3.27. The molecule has 0 saturated carbocycles. The molecular formula is C20H20N2O3. The highest BCUT2D eigenvalue weighted by molar-refractivity contribution is 5.93. The molecule has 0 spiro atoms. The minimum atomic E-state index is -0.370. The van der Waals surface area contributed by atoms with Crippen LogP contribution in [0.5, 0.6) is 0 Å². The fourth-order valence-corrected chi connectivity index (χ4v) is 2.63. The van der Waals surface area contributed by atoms with E-state index in [-0.39, 0.29) is 17.1 Å². The first-order chi connectivity index (χ1) is 12.1. The first kappa shape index (κ1) is 16.8. The predicted octanol–water partition coefficient (Wildman–Crippen LogP) is 3.05. The monoisotopic (exact) mass is 336 g/mol. The van der Waals surface area contributed by atoms with E-state index in [0.717, 1.165) is 18.7 Å². The molecule has 0 fully saturated rings. The quantitative estimate of drug-likeness (QED) is 0.703. The Morgan fingerprint density at radius 1 is 1.08 bits per heavy atom. The maximum atomic E-state index is 12.2. The fraction of sp³-hybridized carbons (Fsp3) is 0.200. The molecule has 2 aromatic carbocycles. The zero-order chi connectivity index (χ0) is 17.6. The molecule has 0 aliphatic carbocycles. The maximum absolute atomic E-state index is 12.2. The zero-order valence-electron chi connectivity index (χ0n) is 14.1. The summed E-state index contributed by atoms with van der Waals surface area (Å²) < 4.78 is 5.53. The molecule has 3 rings (SSSR count). The molecule has 0 saturated heterocycles. The molecule has 5 heteroatoms. The summed E-state index contributed by atoms with van der Waals surface area (Å²) in [6.07, 6.45) is 0.787. The van der Waals surface area contributed by atoms with Crippen LogP contribution in [0.4, 0.5) is 5.69 Å². The van der Waals surface area contributed by atoms with Gasteiger partial charge < -0.3 is 14.6 Å². The first-order valence-electron chi connectivity index (χ1n) is 8.22. The lowest BCUT2D eigenvalue weighted by atomic mass is 10.2. The highest BCUT2D eigenvalue weighted by Crippen LogP contribution is 2.12. The van der Waals surface area contributed by atoms with E-state index in [4.69, 9.17) is 4.42 Å². The molecular weight excluding hydrogens is 316 g/mol. The standard InChI is InChI=1S/C20H20N2O3/c1-22(15-8-3-2-4-9-15)13-7-12-21-20(24)19-14-17(23)16-10-5-6-11-18(16)25-19/h2-6,8-11,14H,7,12-13H2,1H3,(H,21,24). The van der Waals surface area contributed by atoms with Crippen LogP contribution in [-0.2, 0) is 0 Å². The van der Waals surface area contributed by atoms with Crippen molar-refractivity contribution >= 4 is 22.6 Å². The average molecular weight is 336 g/mol. The minimum absolute atomic E-state index is 0.0418. The van der Waals surface area contributed by atoms with E-state index < -0.39 is 0 Å². The van der Waals surface area contributed by atoms with Crippen LogP contribution in [0.1, 0.15) is 17.0 Å². The molecule has 3 aromatic rings. The molecule has 0 aliphatic heterocycles. The summed E-state index contributed by atoms with van der Waals surface area (Å²) in [4.78, 5) is 26.4. The van der Waals surface area contributed by atoms with Crippen LogP contribution in [0.15, 0.2) is 69.9 Å². The molecule has 128 valence electrons. The molecule has 25 heavy (non-hydrogen) atoms. The Labute approximate surface area is 145 Å². The normalized spacial score (nSPS) is 10.6. The molecule has 1 N–H and O–H groups in total. The summed E-state index contributed by atoms with van der Waals surface area (Å²) >= 11 is 0. The van der Waals surface area contributed by atoms with Crippen LogP contribution in [0.2, 0.25) is 0 Å². The third-order valence-electron chi connectivity index (χ3n) is 4.01. The molecule has 1 aromatic heterocycles. The molecule has 0 atom stereocenters. The van der Waals surface area contributed by atoms with Gasteiger partial charge in [0.05, 0.1) is 5.39 Å². The van der Waals surface area contributed by atoms with Crippen molar-refractivity contribution in [3.05, 3.63) is 76.6 Å². The fourth-order valence-electron chi connectivity index (χ4n) is 2.63. The number of hydrogen-bond acceptors (Lipinski definition) is 4. The number of anilines is 1. The van der Waals surface area contributed by atoms with E-state index in [9.17, 15) is 9.59 Å². The van der Waals surface area contributed by atoms with Crippen molar-refractivity contribution in [3.63, 3.8) is 0 Å². The number of amides is 1. The number of benzene rings is 2. The van der Waals surface area contributed by atoms with Crippen molar-refractivity contribution in [1.29, 1.82) is 0 Å². The van der Waals surface area contributed by atoms with Gasteiger partial charge in [-0.3, -0.25) is 9.59 Å². The van der Waals surface area contributed by atoms with E-state index in [1.54, 1.807) is 24.3 Å². The number of fused-ring (bicyclic) bond motifs is 1. The zero-order valence-corrected chi connectivity index (χ0v) is 14.1. The SMILES string of the molecule is CN(CCCNC(=O)c1cc(=O)c2ccccc2o1)c1ccccc1. The van der Waals surface area contributed by atoms with Crippen molar-refractivity contribution in [2.24, 2.45) is 0 Å². The minimum Gasteiger partial charge on any atom is -0.451 e. The van der Waals surface area contributed by atoms with E-state index >= 15 is 0 Å². The van der Waals surface area contributed by atoms with Gasteiger partial charge >= 0.3 is 0 Å². The van der Waals surface area contributed by atoms with Gasteiger partial charge in [0, 0.05) is 31.9 Å². The number of para-hydroxylation sites is 2. The summed E-state index contributed by atoms with van der Waals surface area (Å²) in [6.45, 7) is 1.32. The molecule has 0 radical (unpaired) electrons. The molecule has 0 aliphatic rings. The van der Waals surface area contributed by atoms with Gasteiger partial charge in [-0.2, -0.15) is 0 Å². The third-order valence-corrected chi connectivity index (χ3v) is 4.01. The van der Waals surface area contributed by atoms with Crippen LogP contribution in [0, 0.1) is 0 Å². The predicted molar refractivity (Wildman–Crippen MR) is 99.1 cm³/mol. The van der Waals surface area contributed by atoms with Gasteiger partial charge in [-0.05, 0) is 30.7 Å². The molecule has 1 amide bonds. The van der Waals surface area contributed by atoms with Crippen molar-refractivity contribution in [2.75, 3.05) is 25.0 Å². The van der Waals surface area contributed by atoms with E-state index in [0.29, 0.717) is 17.5 Å². The van der Waals surface area contributed by atoms with Crippen molar-refractivity contribution in [3.8, 4) is 0 Å². The maximum Gasteiger partial charge on any atom is 0.287 e. The number of carbonyl (C=O) groups is 1. The molecule has 5 nitrogen and oxygen atoms in total. The molecule has 0 bridgehead atoms. The van der Waals surface area contributed by atoms with Gasteiger partial charge in [0.2, 0.25) is 0 Å². The summed E-state index contributed by atoms with van der Waals surface area (Å²) in [6, 6.07) is 18.2. The Balaban J connectivity index is 1.55. The van der Waals surface area contributed by atoms with Gasteiger partial charge in [0.25, 0.3) is 5.91 Å². The summed E-state index contributed by atoms with van der Waals surface area (Å²) in [5.41, 5.74) is 1.34. The lowest BCUT2D eigenvalue weighted by molar-refractivity contribution is 0.0926. The van der Waals surface area contributed by atoms with Crippen molar-refractivity contribution in [1.82, 2.24) is 5.32 Å². The second kappa shape index (κ2) is 7.66. The molecule has 0 unspecified atom stereocenters. The average Bonchev–Trinajstić information content (AvgIpc) is 2.65. The van der Waals surface area contributed by atoms with Crippen molar-refractivity contribution in [2.45, 2.75) is 6.42 Å². The van der Waals surface area contributed by atoms with Crippen LogP contribution in [0.25, 0.3) is 11.0 Å². The van der Waals surface area contributed by atoms with E-state index in [2.05, 4.69) is 10.2 Å². The highest BCUT2D eigenvalue weighted by Gasteiger charge is 2.11. The Hall–Kier alpha value is -3.08. The van der Waals surface area contributed by atoms with Gasteiger partial charge in [0.1, 0.15) is 5.58 Å². The Kier molecular flexibility index (Phi) is 5.14. The Bertz CT molecular complexity index is 919. The van der Waals surface area contributed by atoms with Crippen LogP contribution < -0.4 is 15.6 Å². The molecule has 1 heterocycles. The Morgan fingerprint density at radius 3 is 2.60 bits per heavy atom. The lowest BCUT2D eigenvalue weighted by Crippen LogP contribution is -2.28. The van der Waals surface area contributed by atoms with Crippen LogP contribution in [0.3, 0.4) is 0 Å². The first-order valence-corrected chi connectivity index (χ1v) is 8.22. The summed E-state index contributed by atoms with van der Waals surface area (Å²) in [7, 11) is 2.01. The van der Waals surface area contributed by atoms with Crippen molar-refractivity contribution < 1.29 is 9.21 Å². The third kappa shape index (κ3) is 4.07. The van der Waals surface area contributed by atoms with Gasteiger partial charge in [-0.1, -0.05) is 30.3 Å². The number of nitrogens with zero attached hydrogens (tertiary/aromatic N) is 1. The lowest BCUT2D eigenvalue weighted by Gasteiger charge is -2.19. The number of nitrogens with one attached hydrogen (secondary N) is 1. The van der Waals surface area contributed by atoms with E-state index in [1.165, 1.54) is 6.07 Å². The number of rotatable bonds is 6.